The van der Waals surface area contributed by atoms with Crippen molar-refractivity contribution < 1.29 is 0 Å². The standard InChI is InChI=1S/C16H22/c1-16(2,3)12-11-14-9-6-8-13-7-4-5-10-15(13)14/h4-5,7,10-12,14H,6,8-9H2,1-3H3/b12-11+/t14-/m1/s1. The molecule has 0 heterocycles. The second-order valence-electron chi connectivity index (χ2n) is 5.92. The molecule has 0 fully saturated rings. The summed E-state index contributed by atoms with van der Waals surface area (Å²) >= 11 is 0. The molecule has 86 valence electrons. The Bertz CT molecular complexity index is 379. The summed E-state index contributed by atoms with van der Waals surface area (Å²) in [6.07, 6.45) is 8.67. The number of hydrogen-bond donors (Lipinski definition) is 0. The first kappa shape index (κ1) is 11.4. The fourth-order valence-electron chi connectivity index (χ4n) is 2.40. The van der Waals surface area contributed by atoms with Crippen molar-refractivity contribution >= 4 is 0 Å². The molecule has 0 N–H and O–H groups in total. The molecule has 0 radical (unpaired) electrons. The van der Waals surface area contributed by atoms with Crippen LogP contribution in [0.2, 0.25) is 0 Å². The molecule has 1 atom stereocenters. The van der Waals surface area contributed by atoms with Gasteiger partial charge in [0.05, 0.1) is 0 Å². The third-order valence-electron chi connectivity index (χ3n) is 3.24. The van der Waals surface area contributed by atoms with Crippen molar-refractivity contribution in [1.29, 1.82) is 0 Å². The van der Waals surface area contributed by atoms with Crippen LogP contribution in [0, 0.1) is 5.41 Å². The summed E-state index contributed by atoms with van der Waals surface area (Å²) in [6.45, 7) is 6.79. The van der Waals surface area contributed by atoms with Gasteiger partial charge in [-0.05, 0) is 35.8 Å². The van der Waals surface area contributed by atoms with E-state index in [2.05, 4.69) is 57.2 Å². The van der Waals surface area contributed by atoms with Crippen molar-refractivity contribution in [2.45, 2.75) is 46.0 Å². The van der Waals surface area contributed by atoms with Crippen LogP contribution in [0.1, 0.15) is 50.7 Å². The van der Waals surface area contributed by atoms with Gasteiger partial charge in [0.1, 0.15) is 0 Å². The van der Waals surface area contributed by atoms with E-state index in [1.54, 1.807) is 11.1 Å². The zero-order valence-corrected chi connectivity index (χ0v) is 10.7. The van der Waals surface area contributed by atoms with E-state index in [9.17, 15) is 0 Å². The van der Waals surface area contributed by atoms with Crippen LogP contribution in [0.15, 0.2) is 36.4 Å². The first-order valence-corrected chi connectivity index (χ1v) is 6.33. The van der Waals surface area contributed by atoms with Gasteiger partial charge in [0.25, 0.3) is 0 Å². The van der Waals surface area contributed by atoms with Crippen molar-refractivity contribution in [3.8, 4) is 0 Å². The molecule has 0 amide bonds. The number of allylic oxidation sites excluding steroid dienone is 2. The topological polar surface area (TPSA) is 0 Å². The van der Waals surface area contributed by atoms with Crippen LogP contribution in [0.4, 0.5) is 0 Å². The van der Waals surface area contributed by atoms with E-state index in [1.165, 1.54) is 19.3 Å². The van der Waals surface area contributed by atoms with Gasteiger partial charge in [0, 0.05) is 5.92 Å². The molecule has 1 aliphatic rings. The lowest BCUT2D eigenvalue weighted by atomic mass is 9.81. The van der Waals surface area contributed by atoms with Gasteiger partial charge in [-0.25, -0.2) is 0 Å². The van der Waals surface area contributed by atoms with Crippen LogP contribution in [0.5, 0.6) is 0 Å². The van der Waals surface area contributed by atoms with Crippen LogP contribution < -0.4 is 0 Å². The van der Waals surface area contributed by atoms with Crippen molar-refractivity contribution in [3.05, 3.63) is 47.5 Å². The van der Waals surface area contributed by atoms with E-state index in [0.29, 0.717) is 11.3 Å². The summed E-state index contributed by atoms with van der Waals surface area (Å²) < 4.78 is 0. The first-order valence-electron chi connectivity index (χ1n) is 6.33. The highest BCUT2D eigenvalue weighted by Gasteiger charge is 2.17. The molecule has 2 rings (SSSR count). The summed E-state index contributed by atoms with van der Waals surface area (Å²) in [5.41, 5.74) is 3.40. The molecule has 0 saturated heterocycles. The van der Waals surface area contributed by atoms with Gasteiger partial charge in [-0.3, -0.25) is 0 Å². The van der Waals surface area contributed by atoms with E-state index in [-0.39, 0.29) is 0 Å². The van der Waals surface area contributed by atoms with E-state index in [4.69, 9.17) is 0 Å². The van der Waals surface area contributed by atoms with E-state index >= 15 is 0 Å². The molecular formula is C16H22. The smallest absolute Gasteiger partial charge is 0.00210 e. The lowest BCUT2D eigenvalue weighted by molar-refractivity contribution is 0.535. The highest BCUT2D eigenvalue weighted by Crippen LogP contribution is 2.33. The van der Waals surface area contributed by atoms with E-state index < -0.39 is 0 Å². The van der Waals surface area contributed by atoms with Gasteiger partial charge in [-0.1, -0.05) is 57.2 Å². The van der Waals surface area contributed by atoms with Gasteiger partial charge in [-0.15, -0.1) is 0 Å². The molecule has 16 heavy (non-hydrogen) atoms. The van der Waals surface area contributed by atoms with Crippen molar-refractivity contribution in [2.24, 2.45) is 5.41 Å². The minimum atomic E-state index is 0.298. The predicted molar refractivity (Wildman–Crippen MR) is 70.7 cm³/mol. The second kappa shape index (κ2) is 4.45. The fourth-order valence-corrected chi connectivity index (χ4v) is 2.40. The molecular weight excluding hydrogens is 192 g/mol. The summed E-state index contributed by atoms with van der Waals surface area (Å²) in [6, 6.07) is 8.91. The SMILES string of the molecule is CC(C)(C)/C=C/[C@H]1CCCc2ccccc21. The van der Waals surface area contributed by atoms with E-state index in [0.717, 1.165) is 0 Å². The fraction of sp³-hybridized carbons (Fsp3) is 0.500. The molecule has 0 nitrogen and oxygen atoms in total. The summed E-state index contributed by atoms with van der Waals surface area (Å²) in [5.74, 6) is 0.643. The summed E-state index contributed by atoms with van der Waals surface area (Å²) in [7, 11) is 0. The van der Waals surface area contributed by atoms with Crippen LogP contribution in [0.3, 0.4) is 0 Å². The molecule has 0 saturated carbocycles. The lowest BCUT2D eigenvalue weighted by Gasteiger charge is -2.24. The first-order chi connectivity index (χ1) is 7.56. The van der Waals surface area contributed by atoms with Gasteiger partial charge >= 0.3 is 0 Å². The minimum Gasteiger partial charge on any atom is -0.0825 e. The van der Waals surface area contributed by atoms with Gasteiger partial charge < -0.3 is 0 Å². The number of fused-ring (bicyclic) bond motifs is 1. The van der Waals surface area contributed by atoms with Gasteiger partial charge in [0.15, 0.2) is 0 Å². The molecule has 1 aromatic carbocycles. The maximum absolute atomic E-state index is 2.41. The highest BCUT2D eigenvalue weighted by atomic mass is 14.2. The molecule has 0 heteroatoms. The van der Waals surface area contributed by atoms with Crippen LogP contribution in [-0.2, 0) is 6.42 Å². The third kappa shape index (κ3) is 2.75. The Morgan fingerprint density at radius 2 is 1.94 bits per heavy atom. The Kier molecular flexibility index (Phi) is 3.18. The zero-order chi connectivity index (χ0) is 11.6. The van der Waals surface area contributed by atoms with Crippen LogP contribution in [-0.4, -0.2) is 0 Å². The number of hydrogen-bond acceptors (Lipinski definition) is 0. The number of benzene rings is 1. The largest absolute Gasteiger partial charge is 0.0825 e. The normalized spacial score (nSPS) is 21.1. The average molecular weight is 214 g/mol. The van der Waals surface area contributed by atoms with E-state index in [1.807, 2.05) is 0 Å². The minimum absolute atomic E-state index is 0.298. The maximum atomic E-state index is 2.41. The number of rotatable bonds is 1. The third-order valence-corrected chi connectivity index (χ3v) is 3.24. The number of aryl methyl sites for hydroxylation is 1. The predicted octanol–water partition coefficient (Wildman–Crippen LogP) is 4.71. The second-order valence-corrected chi connectivity index (χ2v) is 5.92. The molecule has 0 bridgehead atoms. The van der Waals surface area contributed by atoms with Crippen molar-refractivity contribution in [3.63, 3.8) is 0 Å². The monoisotopic (exact) mass is 214 g/mol. The molecule has 0 aliphatic heterocycles. The van der Waals surface area contributed by atoms with Gasteiger partial charge in [0.2, 0.25) is 0 Å². The Labute approximate surface area is 99.4 Å². The van der Waals surface area contributed by atoms with Crippen LogP contribution >= 0.6 is 0 Å². The highest BCUT2D eigenvalue weighted by molar-refractivity contribution is 5.35. The molecule has 0 aromatic heterocycles. The maximum Gasteiger partial charge on any atom is 0.00210 e. The average Bonchev–Trinajstić information content (AvgIpc) is 2.25. The van der Waals surface area contributed by atoms with Crippen molar-refractivity contribution in [2.75, 3.05) is 0 Å². The molecule has 0 unspecified atom stereocenters. The van der Waals surface area contributed by atoms with Crippen LogP contribution in [0.25, 0.3) is 0 Å². The molecule has 0 spiro atoms. The lowest BCUT2D eigenvalue weighted by Crippen LogP contribution is -2.08. The Morgan fingerprint density at radius 3 is 2.69 bits per heavy atom. The molecule has 1 aromatic rings. The Hall–Kier alpha value is -1.04. The molecule has 1 aliphatic carbocycles. The van der Waals surface area contributed by atoms with Crippen molar-refractivity contribution in [1.82, 2.24) is 0 Å². The Balaban J connectivity index is 2.22. The quantitative estimate of drug-likeness (QED) is 0.594. The Morgan fingerprint density at radius 1 is 1.19 bits per heavy atom. The zero-order valence-electron chi connectivity index (χ0n) is 10.7. The summed E-state index contributed by atoms with van der Waals surface area (Å²) in [5, 5.41) is 0. The summed E-state index contributed by atoms with van der Waals surface area (Å²) in [4.78, 5) is 0. The van der Waals surface area contributed by atoms with Gasteiger partial charge in [-0.2, -0.15) is 0 Å².